The molecule has 0 unspecified atom stereocenters. The van der Waals surface area contributed by atoms with Crippen molar-refractivity contribution in [1.82, 2.24) is 4.98 Å². The van der Waals surface area contributed by atoms with Crippen molar-refractivity contribution in [3.63, 3.8) is 0 Å². The molecule has 0 aliphatic heterocycles. The van der Waals surface area contributed by atoms with Crippen molar-refractivity contribution < 1.29 is 14.4 Å². The zero-order chi connectivity index (χ0) is 22.0. The van der Waals surface area contributed by atoms with E-state index >= 15 is 0 Å². The molecule has 0 saturated heterocycles. The van der Waals surface area contributed by atoms with Gasteiger partial charge in [0, 0.05) is 20.8 Å². The summed E-state index contributed by atoms with van der Waals surface area (Å²) in [7, 11) is 3.11. The van der Waals surface area contributed by atoms with Crippen LogP contribution in [0, 0.1) is 10.1 Å². The zero-order valence-corrected chi connectivity index (χ0v) is 17.8. The van der Waals surface area contributed by atoms with Gasteiger partial charge in [-0.15, -0.1) is 0 Å². The van der Waals surface area contributed by atoms with Crippen LogP contribution in [0.1, 0.15) is 17.0 Å². The second kappa shape index (κ2) is 8.70. The first kappa shape index (κ1) is 20.8. The minimum atomic E-state index is -0.503. The van der Waals surface area contributed by atoms with Crippen molar-refractivity contribution >= 4 is 22.5 Å². The molecule has 1 heterocycles. The molecule has 0 saturated carbocycles. The average Bonchev–Trinajstić information content (AvgIpc) is 3.16. The normalized spacial score (nSPS) is 12.0. The molecule has 6 nitrogen and oxygen atoms in total. The Labute approximate surface area is 184 Å². The maximum Gasteiger partial charge on any atom is 0.214 e. The smallest absolute Gasteiger partial charge is 0.214 e. The predicted octanol–water partition coefficient (Wildman–Crippen LogP) is 5.91. The van der Waals surface area contributed by atoms with E-state index in [1.54, 1.807) is 26.4 Å². The van der Waals surface area contributed by atoms with Crippen LogP contribution >= 0.6 is 11.6 Å². The lowest BCUT2D eigenvalue weighted by Crippen LogP contribution is -2.15. The summed E-state index contributed by atoms with van der Waals surface area (Å²) >= 11 is 6.08. The first-order chi connectivity index (χ1) is 15.0. The van der Waals surface area contributed by atoms with Gasteiger partial charge in [-0.2, -0.15) is 0 Å². The maximum atomic E-state index is 11.7. The molecule has 158 valence electrons. The minimum Gasteiger partial charge on any atom is -0.493 e. The van der Waals surface area contributed by atoms with Crippen LogP contribution in [-0.2, 0) is 0 Å². The molecule has 4 aromatic rings. The number of ether oxygens (including phenoxy) is 2. The molecule has 0 aliphatic rings. The second-order valence-electron chi connectivity index (χ2n) is 7.15. The summed E-state index contributed by atoms with van der Waals surface area (Å²) in [6, 6.07) is 20.7. The fraction of sp³-hybridized carbons (Fsp3) is 0.167. The highest BCUT2D eigenvalue weighted by atomic mass is 35.5. The SMILES string of the molecule is COc1ccc([C@@H](C[N+](=O)[O-])c2c(-c3ccc(Cl)cc3)[nH]c3ccccc23)cc1OC. The van der Waals surface area contributed by atoms with E-state index in [0.29, 0.717) is 16.5 Å². The standard InChI is InChI=1S/C24H21ClN2O4/c1-30-21-12-9-16(13-22(21)31-2)19(14-27(28)29)23-18-5-3-4-6-20(18)26-24(23)15-7-10-17(25)11-8-15/h3-13,19,26H,14H2,1-2H3/t19-/m1/s1. The summed E-state index contributed by atoms with van der Waals surface area (Å²) in [5, 5.41) is 13.3. The van der Waals surface area contributed by atoms with E-state index < -0.39 is 5.92 Å². The third kappa shape index (κ3) is 4.07. The molecule has 1 aromatic heterocycles. The molecule has 1 N–H and O–H groups in total. The number of para-hydroxylation sites is 1. The summed E-state index contributed by atoms with van der Waals surface area (Å²) in [5.41, 5.74) is 4.29. The van der Waals surface area contributed by atoms with E-state index in [4.69, 9.17) is 21.1 Å². The fourth-order valence-electron chi connectivity index (χ4n) is 3.95. The Bertz CT molecular complexity index is 1230. The predicted molar refractivity (Wildman–Crippen MR) is 122 cm³/mol. The van der Waals surface area contributed by atoms with E-state index in [1.165, 1.54) is 0 Å². The number of hydrogen-bond acceptors (Lipinski definition) is 4. The van der Waals surface area contributed by atoms with Gasteiger partial charge in [0.05, 0.1) is 25.8 Å². The van der Waals surface area contributed by atoms with Crippen molar-refractivity contribution in [2.24, 2.45) is 0 Å². The maximum absolute atomic E-state index is 11.7. The molecule has 31 heavy (non-hydrogen) atoms. The van der Waals surface area contributed by atoms with E-state index in [9.17, 15) is 10.1 Å². The van der Waals surface area contributed by atoms with Gasteiger partial charge in [0.1, 0.15) is 0 Å². The topological polar surface area (TPSA) is 77.4 Å². The van der Waals surface area contributed by atoms with Crippen LogP contribution in [0.2, 0.25) is 5.02 Å². The second-order valence-corrected chi connectivity index (χ2v) is 7.58. The highest BCUT2D eigenvalue weighted by Crippen LogP contribution is 2.41. The van der Waals surface area contributed by atoms with Crippen LogP contribution in [-0.4, -0.2) is 30.7 Å². The van der Waals surface area contributed by atoms with Crippen LogP contribution in [0.15, 0.2) is 66.7 Å². The number of aromatic nitrogens is 1. The van der Waals surface area contributed by atoms with E-state index in [0.717, 1.165) is 33.3 Å². The molecule has 0 fully saturated rings. The first-order valence-electron chi connectivity index (χ1n) is 9.72. The van der Waals surface area contributed by atoms with E-state index in [-0.39, 0.29) is 11.5 Å². The molecule has 0 aliphatic carbocycles. The molecule has 7 heteroatoms. The Balaban J connectivity index is 1.97. The van der Waals surface area contributed by atoms with Crippen molar-refractivity contribution in [1.29, 1.82) is 0 Å². The Morgan fingerprint density at radius 3 is 2.39 bits per heavy atom. The van der Waals surface area contributed by atoms with Crippen molar-refractivity contribution in [2.45, 2.75) is 5.92 Å². The first-order valence-corrected chi connectivity index (χ1v) is 10.1. The molecule has 0 spiro atoms. The van der Waals surface area contributed by atoms with Gasteiger partial charge in [-0.25, -0.2) is 0 Å². The Morgan fingerprint density at radius 1 is 1.00 bits per heavy atom. The number of H-pyrrole nitrogens is 1. The highest BCUT2D eigenvalue weighted by Gasteiger charge is 2.28. The van der Waals surface area contributed by atoms with Crippen molar-refractivity contribution in [2.75, 3.05) is 20.8 Å². The number of halogens is 1. The summed E-state index contributed by atoms with van der Waals surface area (Å²) in [4.78, 5) is 14.9. The molecule has 4 rings (SSSR count). The van der Waals surface area contributed by atoms with Crippen LogP contribution in [0.25, 0.3) is 22.2 Å². The minimum absolute atomic E-state index is 0.266. The molecule has 0 radical (unpaired) electrons. The van der Waals surface area contributed by atoms with Gasteiger partial charge in [-0.05, 0) is 47.0 Å². The number of fused-ring (bicyclic) bond motifs is 1. The van der Waals surface area contributed by atoms with Gasteiger partial charge in [-0.3, -0.25) is 10.1 Å². The van der Waals surface area contributed by atoms with Gasteiger partial charge in [0.2, 0.25) is 6.54 Å². The summed E-state index contributed by atoms with van der Waals surface area (Å²) in [6.07, 6.45) is 0. The number of nitrogens with one attached hydrogen (secondary N) is 1. The molecular formula is C24H21ClN2O4. The lowest BCUT2D eigenvalue weighted by atomic mass is 9.87. The zero-order valence-electron chi connectivity index (χ0n) is 17.1. The summed E-state index contributed by atoms with van der Waals surface area (Å²) in [6.45, 7) is -0.266. The van der Waals surface area contributed by atoms with Gasteiger partial charge in [0.15, 0.2) is 11.5 Å². The lowest BCUT2D eigenvalue weighted by Gasteiger charge is -2.18. The largest absolute Gasteiger partial charge is 0.493 e. The van der Waals surface area contributed by atoms with E-state index in [1.807, 2.05) is 54.6 Å². The number of methoxy groups -OCH3 is 2. The van der Waals surface area contributed by atoms with Crippen LogP contribution in [0.4, 0.5) is 0 Å². The third-order valence-corrected chi connectivity index (χ3v) is 5.62. The summed E-state index contributed by atoms with van der Waals surface area (Å²) < 4.78 is 10.8. The molecule has 3 aromatic carbocycles. The molecular weight excluding hydrogens is 416 g/mol. The van der Waals surface area contributed by atoms with Crippen LogP contribution in [0.3, 0.4) is 0 Å². The fourth-order valence-corrected chi connectivity index (χ4v) is 4.08. The lowest BCUT2D eigenvalue weighted by molar-refractivity contribution is -0.481. The van der Waals surface area contributed by atoms with Gasteiger partial charge in [-0.1, -0.05) is 48.0 Å². The summed E-state index contributed by atoms with van der Waals surface area (Å²) in [5.74, 6) is 0.598. The number of benzene rings is 3. The van der Waals surface area contributed by atoms with Crippen LogP contribution in [0.5, 0.6) is 11.5 Å². The number of rotatable bonds is 7. The Morgan fingerprint density at radius 2 is 1.71 bits per heavy atom. The number of aromatic amines is 1. The number of hydrogen-bond donors (Lipinski definition) is 1. The van der Waals surface area contributed by atoms with Gasteiger partial charge in [0.25, 0.3) is 0 Å². The van der Waals surface area contributed by atoms with Crippen molar-refractivity contribution in [3.05, 3.63) is 93.0 Å². The molecule has 1 atom stereocenters. The quantitative estimate of drug-likeness (QED) is 0.288. The monoisotopic (exact) mass is 436 g/mol. The number of nitrogens with zero attached hydrogens (tertiary/aromatic N) is 1. The molecule has 0 bridgehead atoms. The average molecular weight is 437 g/mol. The van der Waals surface area contributed by atoms with Gasteiger partial charge >= 0.3 is 0 Å². The molecule has 0 amide bonds. The van der Waals surface area contributed by atoms with Crippen LogP contribution < -0.4 is 9.47 Å². The third-order valence-electron chi connectivity index (χ3n) is 5.37. The van der Waals surface area contributed by atoms with E-state index in [2.05, 4.69) is 4.98 Å². The Kier molecular flexibility index (Phi) is 5.82. The van der Waals surface area contributed by atoms with Gasteiger partial charge < -0.3 is 14.5 Å². The number of nitro groups is 1. The van der Waals surface area contributed by atoms with Crippen molar-refractivity contribution in [3.8, 4) is 22.8 Å². The Hall–Kier alpha value is -3.51. The highest BCUT2D eigenvalue weighted by molar-refractivity contribution is 6.30.